The van der Waals surface area contributed by atoms with E-state index in [9.17, 15) is 14.7 Å². The number of carbonyl (C=O) groups is 2. The van der Waals surface area contributed by atoms with E-state index in [0.717, 1.165) is 16.7 Å². The maximum Gasteiger partial charge on any atom is 0.323 e. The van der Waals surface area contributed by atoms with Crippen LogP contribution in [0.1, 0.15) is 36.8 Å². The first-order valence-electron chi connectivity index (χ1n) is 15.5. The quantitative estimate of drug-likeness (QED) is 0.227. The molecule has 8 atom stereocenters. The fourth-order valence-corrected chi connectivity index (χ4v) is 5.36. The second-order valence-electron chi connectivity index (χ2n) is 11.4. The number of rotatable bonds is 14. The number of hydrogen-bond donors (Lipinski definition) is 3. The molecule has 246 valence electrons. The number of aliphatic hydroxyl groups excluding tert-OH is 1. The Bertz CT molecular complexity index is 1360. The molecule has 11 nitrogen and oxygen atoms in total. The Morgan fingerprint density at radius 3 is 2.17 bits per heavy atom. The number of fused-ring (bicyclic) bond motifs is 1. The molecule has 2 aliphatic rings. The van der Waals surface area contributed by atoms with E-state index in [1.165, 1.54) is 6.92 Å². The monoisotopic (exact) mass is 634 g/mol. The minimum Gasteiger partial charge on any atom is -0.460 e. The summed E-state index contributed by atoms with van der Waals surface area (Å²) >= 11 is 0. The van der Waals surface area contributed by atoms with Gasteiger partial charge in [-0.05, 0) is 18.1 Å². The Balaban J connectivity index is 1.24. The van der Waals surface area contributed by atoms with Crippen molar-refractivity contribution in [3.63, 3.8) is 0 Å². The minimum absolute atomic E-state index is 0.0638. The van der Waals surface area contributed by atoms with Crippen LogP contribution in [0.15, 0.2) is 91.0 Å². The first-order chi connectivity index (χ1) is 22.4. The standard InChI is InChI=1S/C35H42N2O9/c1-23(33(40)42-19-25-12-6-3-7-13-25)36-18-28(39)21-41-32-30(37-24(2)38)35(43-20-26-14-8-4-9-15-26)45-29-22-44-34(46-31(29)32)27-16-10-5-11-17-27/h3-17,23,28-32,34-36,39H,18-22H2,1-2H3,(H,37,38)/t23-,28?,29+,30+,31+,32+,34?,35-/m0/s1. The first kappa shape index (κ1) is 33.7. The van der Waals surface area contributed by atoms with E-state index in [1.54, 1.807) is 6.92 Å². The molecule has 11 heteroatoms. The summed E-state index contributed by atoms with van der Waals surface area (Å²) in [5.41, 5.74) is 2.65. The van der Waals surface area contributed by atoms with Crippen molar-refractivity contribution in [3.05, 3.63) is 108 Å². The van der Waals surface area contributed by atoms with Gasteiger partial charge in [0.25, 0.3) is 0 Å². The van der Waals surface area contributed by atoms with Gasteiger partial charge in [0.05, 0.1) is 25.9 Å². The molecule has 46 heavy (non-hydrogen) atoms. The van der Waals surface area contributed by atoms with Crippen LogP contribution < -0.4 is 10.6 Å². The summed E-state index contributed by atoms with van der Waals surface area (Å²) in [7, 11) is 0. The fourth-order valence-electron chi connectivity index (χ4n) is 5.36. The molecule has 2 heterocycles. The molecule has 2 fully saturated rings. The van der Waals surface area contributed by atoms with Crippen molar-refractivity contribution in [1.82, 2.24) is 10.6 Å². The van der Waals surface area contributed by atoms with Gasteiger partial charge in [0, 0.05) is 19.0 Å². The molecular weight excluding hydrogens is 592 g/mol. The topological polar surface area (TPSA) is 134 Å². The second-order valence-corrected chi connectivity index (χ2v) is 11.4. The molecule has 2 aliphatic heterocycles. The molecule has 5 rings (SSSR count). The molecule has 0 spiro atoms. The lowest BCUT2D eigenvalue weighted by molar-refractivity contribution is -0.350. The molecule has 0 aromatic heterocycles. The van der Waals surface area contributed by atoms with Crippen molar-refractivity contribution in [2.75, 3.05) is 19.8 Å². The van der Waals surface area contributed by atoms with Crippen molar-refractivity contribution in [1.29, 1.82) is 0 Å². The van der Waals surface area contributed by atoms with Crippen molar-refractivity contribution in [3.8, 4) is 0 Å². The lowest BCUT2D eigenvalue weighted by Crippen LogP contribution is -2.67. The van der Waals surface area contributed by atoms with Gasteiger partial charge in [-0.1, -0.05) is 91.0 Å². The highest BCUT2D eigenvalue weighted by Gasteiger charge is 2.51. The predicted octanol–water partition coefficient (Wildman–Crippen LogP) is 3.01. The average molecular weight is 635 g/mol. The summed E-state index contributed by atoms with van der Waals surface area (Å²) in [6.45, 7) is 3.63. The van der Waals surface area contributed by atoms with E-state index >= 15 is 0 Å². The Kier molecular flexibility index (Phi) is 12.3. The normalized spacial score (nSPS) is 25.5. The number of aliphatic hydroxyl groups is 1. The van der Waals surface area contributed by atoms with Crippen molar-refractivity contribution < 1.29 is 43.1 Å². The zero-order chi connectivity index (χ0) is 32.3. The molecule has 1 amide bonds. The summed E-state index contributed by atoms with van der Waals surface area (Å²) < 4.78 is 36.6. The van der Waals surface area contributed by atoms with Crippen molar-refractivity contribution in [2.24, 2.45) is 0 Å². The van der Waals surface area contributed by atoms with Gasteiger partial charge in [-0.2, -0.15) is 0 Å². The van der Waals surface area contributed by atoms with Crippen LogP contribution in [-0.4, -0.2) is 79.5 Å². The number of hydrogen-bond acceptors (Lipinski definition) is 10. The van der Waals surface area contributed by atoms with Crippen LogP contribution >= 0.6 is 0 Å². The second kappa shape index (κ2) is 16.8. The van der Waals surface area contributed by atoms with E-state index < -0.39 is 55.0 Å². The third-order valence-electron chi connectivity index (χ3n) is 7.76. The average Bonchev–Trinajstić information content (AvgIpc) is 3.09. The molecule has 0 radical (unpaired) electrons. The van der Waals surface area contributed by atoms with E-state index in [2.05, 4.69) is 10.6 Å². The number of benzene rings is 3. The van der Waals surface area contributed by atoms with Gasteiger partial charge in [-0.3, -0.25) is 9.59 Å². The van der Waals surface area contributed by atoms with Crippen LogP contribution in [-0.2, 0) is 51.2 Å². The zero-order valence-corrected chi connectivity index (χ0v) is 26.0. The Morgan fingerprint density at radius 1 is 0.891 bits per heavy atom. The molecule has 3 N–H and O–H groups in total. The van der Waals surface area contributed by atoms with Gasteiger partial charge >= 0.3 is 5.97 Å². The van der Waals surface area contributed by atoms with Crippen molar-refractivity contribution in [2.45, 2.75) is 76.1 Å². The van der Waals surface area contributed by atoms with Crippen LogP contribution in [0.2, 0.25) is 0 Å². The summed E-state index contributed by atoms with van der Waals surface area (Å²) in [6, 6.07) is 27.1. The summed E-state index contributed by atoms with van der Waals surface area (Å²) in [5.74, 6) is -0.735. The van der Waals surface area contributed by atoms with Crippen molar-refractivity contribution >= 4 is 11.9 Å². The van der Waals surface area contributed by atoms with Crippen LogP contribution in [0, 0.1) is 0 Å². The summed E-state index contributed by atoms with van der Waals surface area (Å²) in [5, 5.41) is 16.8. The van der Waals surface area contributed by atoms with E-state index in [1.807, 2.05) is 91.0 Å². The van der Waals surface area contributed by atoms with Crippen LogP contribution in [0.5, 0.6) is 0 Å². The fraction of sp³-hybridized carbons (Fsp3) is 0.429. The maximum atomic E-state index is 12.5. The maximum absolute atomic E-state index is 12.5. The van der Waals surface area contributed by atoms with Gasteiger partial charge in [0.2, 0.25) is 5.91 Å². The van der Waals surface area contributed by atoms with E-state index in [4.69, 9.17) is 28.4 Å². The van der Waals surface area contributed by atoms with E-state index in [-0.39, 0.29) is 38.9 Å². The molecule has 0 saturated carbocycles. The van der Waals surface area contributed by atoms with E-state index in [0.29, 0.717) is 0 Å². The number of carbonyl (C=O) groups excluding carboxylic acids is 2. The highest BCUT2D eigenvalue weighted by atomic mass is 16.8. The predicted molar refractivity (Wildman–Crippen MR) is 167 cm³/mol. The van der Waals surface area contributed by atoms with Crippen LogP contribution in [0.4, 0.5) is 0 Å². The third kappa shape index (κ3) is 9.43. The molecule has 3 aromatic rings. The van der Waals surface area contributed by atoms with Gasteiger partial charge in [-0.25, -0.2) is 0 Å². The molecule has 0 bridgehead atoms. The SMILES string of the molecule is CC(=O)N[C@H]1[C@@H](OCc2ccccc2)O[C@@H]2COC(c3ccccc3)O[C@H]2[C@@H]1OCC(O)CN[C@@H](C)C(=O)OCc1ccccc1. The highest BCUT2D eigenvalue weighted by molar-refractivity contribution is 5.75. The number of ether oxygens (including phenoxy) is 6. The summed E-state index contributed by atoms with van der Waals surface area (Å²) in [6.07, 6.45) is -4.53. The van der Waals surface area contributed by atoms with Crippen LogP contribution in [0.25, 0.3) is 0 Å². The zero-order valence-electron chi connectivity index (χ0n) is 26.0. The molecule has 2 saturated heterocycles. The highest BCUT2D eigenvalue weighted by Crippen LogP contribution is 2.36. The number of nitrogens with one attached hydrogen (secondary N) is 2. The minimum atomic E-state index is -0.989. The van der Waals surface area contributed by atoms with Gasteiger partial charge in [0.1, 0.15) is 37.0 Å². The van der Waals surface area contributed by atoms with Gasteiger partial charge in [-0.15, -0.1) is 0 Å². The largest absolute Gasteiger partial charge is 0.460 e. The molecular formula is C35H42N2O9. The Morgan fingerprint density at radius 2 is 1.52 bits per heavy atom. The third-order valence-corrected chi connectivity index (χ3v) is 7.76. The first-order valence-corrected chi connectivity index (χ1v) is 15.5. The smallest absolute Gasteiger partial charge is 0.323 e. The van der Waals surface area contributed by atoms with Crippen LogP contribution in [0.3, 0.4) is 0 Å². The Hall–Kier alpha value is -3.68. The number of amides is 1. The van der Waals surface area contributed by atoms with Gasteiger partial charge in [0.15, 0.2) is 12.6 Å². The molecule has 3 aromatic carbocycles. The lowest BCUT2D eigenvalue weighted by Gasteiger charge is -2.49. The molecule has 2 unspecified atom stereocenters. The Labute approximate surface area is 269 Å². The molecule has 0 aliphatic carbocycles. The van der Waals surface area contributed by atoms with Gasteiger partial charge < -0.3 is 44.2 Å². The lowest BCUT2D eigenvalue weighted by atomic mass is 9.95. The summed E-state index contributed by atoms with van der Waals surface area (Å²) in [4.78, 5) is 24.9. The number of esters is 1.